The molecule has 2 aromatic rings. The number of carbonyl (C=O) groups is 4. The monoisotopic (exact) mass is 440 g/mol. The van der Waals surface area contributed by atoms with Crippen molar-refractivity contribution in [3.8, 4) is 5.75 Å². The number of nitrogens with zero attached hydrogens (tertiary/aromatic N) is 1. The van der Waals surface area contributed by atoms with Crippen LogP contribution in [-0.4, -0.2) is 50.1 Å². The number of esters is 2. The highest BCUT2D eigenvalue weighted by molar-refractivity contribution is 5.99. The Morgan fingerprint density at radius 1 is 0.969 bits per heavy atom. The van der Waals surface area contributed by atoms with E-state index in [1.807, 2.05) is 0 Å². The van der Waals surface area contributed by atoms with Crippen LogP contribution in [0.2, 0.25) is 0 Å². The number of amides is 2. The van der Waals surface area contributed by atoms with Gasteiger partial charge in [0.15, 0.2) is 13.2 Å². The summed E-state index contributed by atoms with van der Waals surface area (Å²) in [5.41, 5.74) is 2.13. The first-order chi connectivity index (χ1) is 15.5. The molecule has 2 amide bonds. The fourth-order valence-corrected chi connectivity index (χ4v) is 3.12. The zero-order valence-electron chi connectivity index (χ0n) is 17.7. The molecule has 0 fully saturated rings. The number of aryl methyl sites for hydroxylation is 1. The average molecular weight is 440 g/mol. The van der Waals surface area contributed by atoms with Gasteiger partial charge in [0.25, 0.3) is 5.91 Å². The van der Waals surface area contributed by atoms with Crippen molar-refractivity contribution in [3.63, 3.8) is 0 Å². The van der Waals surface area contributed by atoms with Crippen LogP contribution in [0.5, 0.6) is 5.75 Å². The molecule has 9 nitrogen and oxygen atoms in total. The Labute approximate surface area is 185 Å². The van der Waals surface area contributed by atoms with E-state index in [0.717, 1.165) is 11.3 Å². The third-order valence-corrected chi connectivity index (χ3v) is 4.65. The normalized spacial score (nSPS) is 12.2. The lowest BCUT2D eigenvalue weighted by Crippen LogP contribution is -2.39. The van der Waals surface area contributed by atoms with Gasteiger partial charge in [-0.15, -0.1) is 0 Å². The van der Waals surface area contributed by atoms with Gasteiger partial charge in [0.2, 0.25) is 5.91 Å². The molecule has 0 radical (unpaired) electrons. The van der Waals surface area contributed by atoms with E-state index in [9.17, 15) is 19.2 Å². The Morgan fingerprint density at radius 3 is 2.50 bits per heavy atom. The van der Waals surface area contributed by atoms with Crippen LogP contribution in [-0.2, 0) is 35.1 Å². The van der Waals surface area contributed by atoms with Crippen LogP contribution in [0.25, 0.3) is 0 Å². The Morgan fingerprint density at radius 2 is 1.75 bits per heavy atom. The Bertz CT molecular complexity index is 991. The molecule has 0 bridgehead atoms. The number of benzene rings is 2. The molecule has 32 heavy (non-hydrogen) atoms. The molecule has 1 heterocycles. The highest BCUT2D eigenvalue weighted by Crippen LogP contribution is 2.26. The van der Waals surface area contributed by atoms with E-state index in [4.69, 9.17) is 14.2 Å². The molecule has 1 aliphatic rings. The highest BCUT2D eigenvalue weighted by Gasteiger charge is 2.21. The predicted octanol–water partition coefficient (Wildman–Crippen LogP) is 2.09. The van der Waals surface area contributed by atoms with Crippen molar-refractivity contribution in [2.24, 2.45) is 0 Å². The van der Waals surface area contributed by atoms with E-state index in [1.54, 1.807) is 55.5 Å². The van der Waals surface area contributed by atoms with Gasteiger partial charge in [-0.1, -0.05) is 18.2 Å². The summed E-state index contributed by atoms with van der Waals surface area (Å²) in [4.78, 5) is 49.2. The fraction of sp³-hybridized carbons (Fsp3) is 0.304. The van der Waals surface area contributed by atoms with Gasteiger partial charge in [-0.25, -0.2) is 4.79 Å². The number of anilines is 2. The lowest BCUT2D eigenvalue weighted by Gasteiger charge is -2.21. The van der Waals surface area contributed by atoms with Crippen molar-refractivity contribution in [2.75, 3.05) is 36.6 Å². The minimum Gasteiger partial charge on any atom is -0.482 e. The van der Waals surface area contributed by atoms with Gasteiger partial charge >= 0.3 is 11.9 Å². The lowest BCUT2D eigenvalue weighted by molar-refractivity contribution is -0.150. The molecule has 9 heteroatoms. The summed E-state index contributed by atoms with van der Waals surface area (Å²) in [7, 11) is 0. The second kappa shape index (κ2) is 10.9. The molecule has 0 spiro atoms. The second-order valence-corrected chi connectivity index (χ2v) is 6.94. The minimum absolute atomic E-state index is 0.0353. The van der Waals surface area contributed by atoms with Gasteiger partial charge in [-0.05, 0) is 49.2 Å². The van der Waals surface area contributed by atoms with Gasteiger partial charge in [-0.3, -0.25) is 19.3 Å². The summed E-state index contributed by atoms with van der Waals surface area (Å²) in [6, 6.07) is 13.7. The van der Waals surface area contributed by atoms with Gasteiger partial charge in [0.05, 0.1) is 6.61 Å². The number of para-hydroxylation sites is 1. The van der Waals surface area contributed by atoms with E-state index in [-0.39, 0.29) is 25.7 Å². The smallest absolute Gasteiger partial charge is 0.344 e. The summed E-state index contributed by atoms with van der Waals surface area (Å²) >= 11 is 0. The molecule has 3 rings (SSSR count). The third kappa shape index (κ3) is 6.31. The highest BCUT2D eigenvalue weighted by atomic mass is 16.6. The third-order valence-electron chi connectivity index (χ3n) is 4.65. The van der Waals surface area contributed by atoms with Crippen LogP contribution in [0.3, 0.4) is 0 Å². The Hall–Kier alpha value is -3.88. The number of ether oxygens (including phenoxy) is 3. The number of hydrogen-bond acceptors (Lipinski definition) is 7. The molecule has 1 N–H and O–H groups in total. The maximum atomic E-state index is 12.6. The van der Waals surface area contributed by atoms with Crippen molar-refractivity contribution >= 4 is 35.1 Å². The van der Waals surface area contributed by atoms with E-state index in [1.165, 1.54) is 4.90 Å². The number of nitrogens with one attached hydrogen (secondary N) is 1. The summed E-state index contributed by atoms with van der Waals surface area (Å²) in [5, 5.41) is 2.77. The number of rotatable bonds is 9. The number of carbonyl (C=O) groups excluding carboxylic acids is 4. The van der Waals surface area contributed by atoms with Crippen molar-refractivity contribution in [1.82, 2.24) is 0 Å². The van der Waals surface area contributed by atoms with Crippen LogP contribution in [0.1, 0.15) is 18.9 Å². The van der Waals surface area contributed by atoms with E-state index in [0.29, 0.717) is 24.3 Å². The maximum absolute atomic E-state index is 12.6. The van der Waals surface area contributed by atoms with Gasteiger partial charge < -0.3 is 19.5 Å². The van der Waals surface area contributed by atoms with E-state index >= 15 is 0 Å². The molecule has 0 saturated heterocycles. The van der Waals surface area contributed by atoms with Gasteiger partial charge in [0, 0.05) is 17.8 Å². The largest absolute Gasteiger partial charge is 0.482 e. The average Bonchev–Trinajstić information content (AvgIpc) is 2.80. The number of fused-ring (bicyclic) bond motifs is 1. The van der Waals surface area contributed by atoms with Crippen molar-refractivity contribution in [3.05, 3.63) is 54.1 Å². The van der Waals surface area contributed by atoms with Crippen LogP contribution in [0.15, 0.2) is 48.5 Å². The van der Waals surface area contributed by atoms with E-state index < -0.39 is 24.5 Å². The zero-order chi connectivity index (χ0) is 22.9. The summed E-state index contributed by atoms with van der Waals surface area (Å²) in [6.07, 6.45) is 0.984. The van der Waals surface area contributed by atoms with Crippen LogP contribution >= 0.6 is 0 Å². The summed E-state index contributed by atoms with van der Waals surface area (Å²) in [6.45, 7) is 0.634. The molecular weight excluding hydrogens is 416 g/mol. The summed E-state index contributed by atoms with van der Waals surface area (Å²) in [5.74, 6) is -1.44. The first-order valence-electron chi connectivity index (χ1n) is 10.2. The molecule has 2 aromatic carbocycles. The van der Waals surface area contributed by atoms with Crippen molar-refractivity contribution in [2.45, 2.75) is 19.8 Å². The van der Waals surface area contributed by atoms with Crippen LogP contribution in [0.4, 0.5) is 11.4 Å². The molecule has 0 atom stereocenters. The molecule has 0 saturated carbocycles. The summed E-state index contributed by atoms with van der Waals surface area (Å²) < 4.78 is 15.4. The molecule has 0 aliphatic carbocycles. The lowest BCUT2D eigenvalue weighted by atomic mass is 10.0. The quantitative estimate of drug-likeness (QED) is 0.595. The molecule has 168 valence electrons. The van der Waals surface area contributed by atoms with Crippen molar-refractivity contribution in [1.29, 1.82) is 0 Å². The van der Waals surface area contributed by atoms with Gasteiger partial charge in [0.1, 0.15) is 12.3 Å². The predicted molar refractivity (Wildman–Crippen MR) is 115 cm³/mol. The Kier molecular flexibility index (Phi) is 7.80. The van der Waals surface area contributed by atoms with E-state index in [2.05, 4.69) is 5.32 Å². The van der Waals surface area contributed by atoms with Crippen molar-refractivity contribution < 1.29 is 33.4 Å². The first kappa shape index (κ1) is 22.8. The SMILES string of the molecule is CCOC(=O)CN(C(=O)COC(=O)COc1ccc2c(c1)CCC(=O)N2)c1ccccc1. The Balaban J connectivity index is 1.52. The van der Waals surface area contributed by atoms with Crippen LogP contribution < -0.4 is 15.0 Å². The maximum Gasteiger partial charge on any atom is 0.344 e. The second-order valence-electron chi connectivity index (χ2n) is 6.94. The minimum atomic E-state index is -0.728. The zero-order valence-corrected chi connectivity index (χ0v) is 17.7. The fourth-order valence-electron chi connectivity index (χ4n) is 3.12. The topological polar surface area (TPSA) is 111 Å². The molecule has 0 aromatic heterocycles. The molecule has 1 aliphatic heterocycles. The van der Waals surface area contributed by atoms with Crippen LogP contribution in [0, 0.1) is 0 Å². The standard InChI is InChI=1S/C23H24N2O7/c1-2-30-22(28)13-25(17-6-4-3-5-7-17)21(27)14-32-23(29)15-31-18-9-10-19-16(12-18)8-11-20(26)24-19/h3-7,9-10,12H,2,8,11,13-15H2,1H3,(H,24,26). The number of hydrogen-bond donors (Lipinski definition) is 1. The first-order valence-corrected chi connectivity index (χ1v) is 10.2. The molecular formula is C23H24N2O7. The molecule has 0 unspecified atom stereocenters. The van der Waals surface area contributed by atoms with Gasteiger partial charge in [-0.2, -0.15) is 0 Å².